The highest BCUT2D eigenvalue weighted by atomic mass is 35.5. The number of halogens is 1. The maximum absolute atomic E-state index is 12.5. The third kappa shape index (κ3) is 4.46. The molecule has 3 aliphatic rings. The molecule has 2 aromatic rings. The summed E-state index contributed by atoms with van der Waals surface area (Å²) in [7, 11) is 0. The molecule has 4 atom stereocenters. The lowest BCUT2D eigenvalue weighted by molar-refractivity contribution is -0.141. The number of nitrogens with two attached hydrogens (primary N) is 1. The highest BCUT2D eigenvalue weighted by Crippen LogP contribution is 2.47. The van der Waals surface area contributed by atoms with Gasteiger partial charge >= 0.3 is 5.97 Å². The zero-order valence-corrected chi connectivity index (χ0v) is 20.4. The zero-order valence-electron chi connectivity index (χ0n) is 19.7. The number of aliphatic imine (C=N–C) groups is 1. The van der Waals surface area contributed by atoms with Crippen LogP contribution in [-0.2, 0) is 20.7 Å². The third-order valence-corrected chi connectivity index (χ3v) is 7.21. The first kappa shape index (κ1) is 24.0. The number of esters is 1. The Morgan fingerprint density at radius 3 is 2.81 bits per heavy atom. The first-order valence-corrected chi connectivity index (χ1v) is 12.3. The number of nitrogens with one attached hydrogen (secondary N) is 2. The molecule has 0 saturated heterocycles. The van der Waals surface area contributed by atoms with Crippen LogP contribution in [0, 0.1) is 17.8 Å². The maximum Gasteiger partial charge on any atom is 0.325 e. The number of aromatic nitrogens is 1. The molecular weight excluding hydrogens is 482 g/mol. The Labute approximate surface area is 213 Å². The van der Waals surface area contributed by atoms with Crippen LogP contribution in [0.3, 0.4) is 0 Å². The van der Waals surface area contributed by atoms with E-state index in [1.54, 1.807) is 31.3 Å². The molecule has 10 heteroatoms. The third-order valence-electron chi connectivity index (χ3n) is 6.92. The van der Waals surface area contributed by atoms with E-state index < -0.39 is 5.97 Å². The van der Waals surface area contributed by atoms with Crippen molar-refractivity contribution in [1.29, 1.82) is 0 Å². The van der Waals surface area contributed by atoms with E-state index in [0.717, 1.165) is 23.4 Å². The minimum Gasteiger partial charge on any atom is -0.465 e. The summed E-state index contributed by atoms with van der Waals surface area (Å²) in [6.07, 6.45) is 7.14. The summed E-state index contributed by atoms with van der Waals surface area (Å²) < 4.78 is 4.85. The summed E-state index contributed by atoms with van der Waals surface area (Å²) in [6, 6.07) is 6.86. The Morgan fingerprint density at radius 1 is 1.22 bits per heavy atom. The number of nitrogens with zero attached hydrogens (tertiary/aromatic N) is 2. The Hall–Kier alpha value is -3.72. The van der Waals surface area contributed by atoms with Crippen molar-refractivity contribution in [1.82, 2.24) is 10.3 Å². The van der Waals surface area contributed by atoms with Crippen LogP contribution in [0.25, 0.3) is 0 Å². The first-order chi connectivity index (χ1) is 17.4. The quantitative estimate of drug-likeness (QED) is 0.371. The van der Waals surface area contributed by atoms with Crippen molar-refractivity contribution in [2.45, 2.75) is 25.8 Å². The summed E-state index contributed by atoms with van der Waals surface area (Å²) >= 11 is 6.54. The lowest BCUT2D eigenvalue weighted by Gasteiger charge is -2.28. The second-order valence-electron chi connectivity index (χ2n) is 9.13. The van der Waals surface area contributed by atoms with E-state index in [4.69, 9.17) is 27.1 Å². The second kappa shape index (κ2) is 9.73. The number of carbonyl (C=O) groups excluding carboxylic acids is 3. The lowest BCUT2D eigenvalue weighted by atomic mass is 9.88. The number of rotatable bonds is 8. The fraction of sp³-hybridized carbons (Fsp3) is 0.346. The molecule has 1 aliphatic heterocycles. The molecule has 5 rings (SSSR count). The molecule has 0 radical (unpaired) electrons. The molecule has 0 unspecified atom stereocenters. The van der Waals surface area contributed by atoms with Gasteiger partial charge in [0.05, 0.1) is 34.6 Å². The van der Waals surface area contributed by atoms with Crippen LogP contribution in [0.1, 0.15) is 35.0 Å². The van der Waals surface area contributed by atoms with Crippen molar-refractivity contribution >= 4 is 46.5 Å². The largest absolute Gasteiger partial charge is 0.465 e. The normalized spacial score (nSPS) is 23.2. The van der Waals surface area contributed by atoms with Gasteiger partial charge in [-0.3, -0.25) is 19.4 Å². The molecule has 2 bridgehead atoms. The van der Waals surface area contributed by atoms with Gasteiger partial charge in [0.1, 0.15) is 12.2 Å². The van der Waals surface area contributed by atoms with Gasteiger partial charge in [0.25, 0.3) is 5.91 Å². The number of fused-ring (bicyclic) bond motifs is 3. The smallest absolute Gasteiger partial charge is 0.325 e. The van der Waals surface area contributed by atoms with Gasteiger partial charge in [0, 0.05) is 24.2 Å². The fourth-order valence-corrected chi connectivity index (χ4v) is 5.48. The predicted molar refractivity (Wildman–Crippen MR) is 135 cm³/mol. The van der Waals surface area contributed by atoms with Crippen LogP contribution in [0.5, 0.6) is 0 Å². The average Bonchev–Trinajstić information content (AvgIpc) is 3.59. The van der Waals surface area contributed by atoms with Gasteiger partial charge in [-0.15, -0.1) is 0 Å². The zero-order chi connectivity index (χ0) is 25.4. The molecule has 1 aromatic heterocycles. The topological polar surface area (TPSA) is 136 Å². The molecule has 9 nitrogen and oxygen atoms in total. The Balaban J connectivity index is 1.38. The number of pyridine rings is 1. The van der Waals surface area contributed by atoms with E-state index in [0.29, 0.717) is 28.4 Å². The van der Waals surface area contributed by atoms with E-state index in [2.05, 4.69) is 27.8 Å². The number of hydrogen-bond acceptors (Lipinski definition) is 7. The van der Waals surface area contributed by atoms with Crippen LogP contribution in [0.2, 0.25) is 5.02 Å². The van der Waals surface area contributed by atoms with Crippen LogP contribution in [0.15, 0.2) is 47.6 Å². The van der Waals surface area contributed by atoms with Crippen molar-refractivity contribution in [3.63, 3.8) is 0 Å². The monoisotopic (exact) mass is 507 g/mol. The molecule has 2 heterocycles. The molecule has 0 spiro atoms. The van der Waals surface area contributed by atoms with E-state index in [9.17, 15) is 14.4 Å². The predicted octanol–water partition coefficient (Wildman–Crippen LogP) is 2.79. The Kier molecular flexibility index (Phi) is 6.49. The van der Waals surface area contributed by atoms with Gasteiger partial charge in [0.15, 0.2) is 0 Å². The lowest BCUT2D eigenvalue weighted by Crippen LogP contribution is -2.41. The standard InChI is InChI=1S/C26H26ClN5O4/c1-2-36-20(33)12-30-26(35)16-5-3-4-13(8-16)18-10-19-24(31-18)23(17(27)11-29-19)32-22-15-7-6-14(9-15)21(22)25(28)34/h3-8,11,14-15,21-22H,2,9-10,12H2,1H3,(H2,28,34)(H,29,32)(H,30,35)/t14-,15+,21+,22-/m1/s1. The van der Waals surface area contributed by atoms with Crippen molar-refractivity contribution in [2.24, 2.45) is 28.5 Å². The number of anilines is 1. The van der Waals surface area contributed by atoms with E-state index in [-0.39, 0.29) is 48.8 Å². The van der Waals surface area contributed by atoms with Gasteiger partial charge in [-0.25, -0.2) is 4.99 Å². The first-order valence-electron chi connectivity index (χ1n) is 11.9. The molecule has 186 valence electrons. The Bertz CT molecular complexity index is 1310. The molecule has 1 aromatic carbocycles. The van der Waals surface area contributed by atoms with Crippen molar-refractivity contribution < 1.29 is 19.1 Å². The van der Waals surface area contributed by atoms with Crippen LogP contribution >= 0.6 is 11.6 Å². The van der Waals surface area contributed by atoms with E-state index in [1.807, 2.05) is 6.07 Å². The SMILES string of the molecule is CCOC(=O)CNC(=O)c1cccc(C2=Nc3c(ncc(Cl)c3N[C@H]3[C@@H](C(N)=O)[C@@H]4C=C[C@H]3C4)C2)c1. The van der Waals surface area contributed by atoms with Gasteiger partial charge in [-0.05, 0) is 42.9 Å². The average molecular weight is 508 g/mol. The van der Waals surface area contributed by atoms with E-state index >= 15 is 0 Å². The van der Waals surface area contributed by atoms with Gasteiger partial charge in [-0.2, -0.15) is 0 Å². The van der Waals surface area contributed by atoms with Gasteiger partial charge < -0.3 is 21.1 Å². The number of carbonyl (C=O) groups is 3. The van der Waals surface area contributed by atoms with Crippen LogP contribution < -0.4 is 16.4 Å². The summed E-state index contributed by atoms with van der Waals surface area (Å²) in [6.45, 7) is 1.75. The van der Waals surface area contributed by atoms with E-state index in [1.165, 1.54) is 0 Å². The summed E-state index contributed by atoms with van der Waals surface area (Å²) in [5.41, 5.74) is 9.64. The van der Waals surface area contributed by atoms with Crippen molar-refractivity contribution in [2.75, 3.05) is 18.5 Å². The molecule has 2 amide bonds. The number of primary amides is 1. The van der Waals surface area contributed by atoms with Crippen LogP contribution in [-0.4, -0.2) is 47.7 Å². The molecule has 2 aliphatic carbocycles. The number of allylic oxidation sites excluding steroid dienone is 1. The molecule has 4 N–H and O–H groups in total. The number of amides is 2. The van der Waals surface area contributed by atoms with Gasteiger partial charge in [-0.1, -0.05) is 35.9 Å². The number of ether oxygens (including phenoxy) is 1. The summed E-state index contributed by atoms with van der Waals surface area (Å²) in [5, 5.41) is 6.46. The van der Waals surface area contributed by atoms with Gasteiger partial charge in [0.2, 0.25) is 5.91 Å². The van der Waals surface area contributed by atoms with Crippen molar-refractivity contribution in [3.05, 3.63) is 64.5 Å². The second-order valence-corrected chi connectivity index (χ2v) is 9.53. The molecule has 1 saturated carbocycles. The highest BCUT2D eigenvalue weighted by Gasteiger charge is 2.48. The fourth-order valence-electron chi connectivity index (χ4n) is 5.28. The summed E-state index contributed by atoms with van der Waals surface area (Å²) in [5.74, 6) is -1.18. The Morgan fingerprint density at radius 2 is 2.03 bits per heavy atom. The number of hydrogen-bond donors (Lipinski definition) is 3. The maximum atomic E-state index is 12.5. The molecular formula is C26H26ClN5O4. The minimum absolute atomic E-state index is 0.135. The van der Waals surface area contributed by atoms with Crippen molar-refractivity contribution in [3.8, 4) is 0 Å². The molecule has 1 fully saturated rings. The van der Waals surface area contributed by atoms with Crippen LogP contribution in [0.4, 0.5) is 11.4 Å². The minimum atomic E-state index is -0.495. The number of benzene rings is 1. The summed E-state index contributed by atoms with van der Waals surface area (Å²) in [4.78, 5) is 45.6. The molecule has 36 heavy (non-hydrogen) atoms. The highest BCUT2D eigenvalue weighted by molar-refractivity contribution is 6.34.